The zero-order chi connectivity index (χ0) is 25.9. The van der Waals surface area contributed by atoms with Gasteiger partial charge in [-0.3, -0.25) is 4.79 Å². The van der Waals surface area contributed by atoms with Crippen molar-refractivity contribution in [2.45, 2.75) is 64.2 Å². The van der Waals surface area contributed by atoms with Gasteiger partial charge in [0, 0.05) is 54.3 Å². The number of carbonyl (C=O) groups excluding carboxylic acids is 2. The largest absolute Gasteiger partial charge is 0.396 e. The lowest BCUT2D eigenvalue weighted by Gasteiger charge is -2.27. The van der Waals surface area contributed by atoms with Crippen LogP contribution in [0.5, 0.6) is 0 Å². The molecule has 1 fully saturated rings. The maximum atomic E-state index is 13.2. The van der Waals surface area contributed by atoms with Crippen molar-refractivity contribution in [3.05, 3.63) is 65.9 Å². The van der Waals surface area contributed by atoms with Crippen molar-refractivity contribution >= 4 is 11.9 Å². The third kappa shape index (κ3) is 5.17. The highest BCUT2D eigenvalue weighted by Crippen LogP contribution is 2.42. The zero-order valence-electron chi connectivity index (χ0n) is 21.1. The van der Waals surface area contributed by atoms with Crippen LogP contribution in [0.1, 0.15) is 67.2 Å². The van der Waals surface area contributed by atoms with Gasteiger partial charge in [-0.05, 0) is 62.8 Å². The number of rotatable bonds is 7. The number of aromatic nitrogens is 3. The molecule has 3 aromatic rings. The molecule has 1 atom stereocenters. The first-order chi connectivity index (χ1) is 17.9. The molecular formula is C28H32N6O3. The summed E-state index contributed by atoms with van der Waals surface area (Å²) in [6.45, 7) is 4.08. The van der Waals surface area contributed by atoms with E-state index < -0.39 is 0 Å². The molecule has 5 rings (SSSR count). The van der Waals surface area contributed by atoms with Gasteiger partial charge in [0.05, 0.1) is 11.7 Å². The van der Waals surface area contributed by atoms with Gasteiger partial charge in [-0.25, -0.2) is 19.7 Å². The summed E-state index contributed by atoms with van der Waals surface area (Å²) in [5, 5.41) is 16.0. The normalized spacial score (nSPS) is 16.9. The van der Waals surface area contributed by atoms with E-state index in [9.17, 15) is 14.7 Å². The number of pyridine rings is 1. The van der Waals surface area contributed by atoms with Crippen LogP contribution in [0, 0.1) is 0 Å². The summed E-state index contributed by atoms with van der Waals surface area (Å²) < 4.78 is 0. The third-order valence-electron chi connectivity index (χ3n) is 6.97. The quantitative estimate of drug-likeness (QED) is 0.453. The van der Waals surface area contributed by atoms with Crippen LogP contribution in [-0.2, 0) is 6.54 Å². The summed E-state index contributed by atoms with van der Waals surface area (Å²) in [6.07, 6.45) is 8.43. The Kier molecular flexibility index (Phi) is 7.14. The highest BCUT2D eigenvalue weighted by atomic mass is 16.3. The summed E-state index contributed by atoms with van der Waals surface area (Å²) in [5.74, 6) is -0.204. The standard InChI is InChI=1S/C28H32N6O3/c1-17(2)31-28(37)34-15-20-12-23(27(36)32-22-7-4-8-22)33-26(25(20)24(34)9-10-35)19-6-3-5-18(11-19)21-13-29-16-30-14-21/h3,5-6,11-14,16-17,22,24,35H,4,7-10,15H2,1-2H3,(H,31,37)(H,32,36)/t24-/m1/s1. The fourth-order valence-corrected chi connectivity index (χ4v) is 4.97. The van der Waals surface area contributed by atoms with E-state index in [1.807, 2.05) is 38.1 Å². The Labute approximate surface area is 216 Å². The number of fused-ring (bicyclic) bond motifs is 1. The number of nitrogens with zero attached hydrogens (tertiary/aromatic N) is 4. The molecule has 3 heterocycles. The molecule has 1 aliphatic heterocycles. The topological polar surface area (TPSA) is 120 Å². The molecule has 2 aliphatic rings. The number of aliphatic hydroxyl groups is 1. The molecule has 2 aromatic heterocycles. The Balaban J connectivity index is 1.61. The van der Waals surface area contributed by atoms with Crippen LogP contribution in [-0.4, -0.2) is 55.6 Å². The molecule has 1 aromatic carbocycles. The smallest absolute Gasteiger partial charge is 0.318 e. The van der Waals surface area contributed by atoms with Gasteiger partial charge in [-0.15, -0.1) is 0 Å². The van der Waals surface area contributed by atoms with E-state index in [2.05, 4.69) is 20.6 Å². The SMILES string of the molecule is CC(C)NC(=O)N1Cc2cc(C(=O)NC3CCC3)nc(-c3cccc(-c4cncnc4)c3)c2[C@H]1CCO. The lowest BCUT2D eigenvalue weighted by molar-refractivity contribution is 0.0911. The molecule has 3 N–H and O–H groups in total. The van der Waals surface area contributed by atoms with Crippen LogP contribution in [0.15, 0.2) is 49.1 Å². The lowest BCUT2D eigenvalue weighted by atomic mass is 9.92. The maximum absolute atomic E-state index is 13.2. The molecule has 1 aliphatic carbocycles. The first-order valence-electron chi connectivity index (χ1n) is 12.8. The summed E-state index contributed by atoms with van der Waals surface area (Å²) in [6, 6.07) is 9.25. The van der Waals surface area contributed by atoms with Crippen molar-refractivity contribution in [2.75, 3.05) is 6.61 Å². The van der Waals surface area contributed by atoms with Crippen LogP contribution in [0.2, 0.25) is 0 Å². The molecule has 0 spiro atoms. The second-order valence-electron chi connectivity index (χ2n) is 10.00. The van der Waals surface area contributed by atoms with Crippen molar-refractivity contribution in [1.29, 1.82) is 0 Å². The predicted octanol–water partition coefficient (Wildman–Crippen LogP) is 3.85. The molecule has 1 saturated carbocycles. The average Bonchev–Trinajstić information content (AvgIpc) is 3.24. The van der Waals surface area contributed by atoms with E-state index in [-0.39, 0.29) is 36.7 Å². The van der Waals surface area contributed by atoms with Gasteiger partial charge in [0.25, 0.3) is 5.91 Å². The van der Waals surface area contributed by atoms with Gasteiger partial charge in [0.2, 0.25) is 0 Å². The van der Waals surface area contributed by atoms with Crippen LogP contribution >= 0.6 is 0 Å². The van der Waals surface area contributed by atoms with Crippen molar-refractivity contribution < 1.29 is 14.7 Å². The number of aliphatic hydroxyl groups excluding tert-OH is 1. The minimum atomic E-state index is -0.367. The predicted molar refractivity (Wildman–Crippen MR) is 139 cm³/mol. The van der Waals surface area contributed by atoms with E-state index >= 15 is 0 Å². The lowest BCUT2D eigenvalue weighted by Crippen LogP contribution is -2.42. The average molecular weight is 501 g/mol. The Morgan fingerprint density at radius 2 is 1.86 bits per heavy atom. The Morgan fingerprint density at radius 3 is 2.54 bits per heavy atom. The van der Waals surface area contributed by atoms with Crippen LogP contribution in [0.3, 0.4) is 0 Å². The third-order valence-corrected chi connectivity index (χ3v) is 6.97. The Morgan fingerprint density at radius 1 is 1.11 bits per heavy atom. The molecule has 9 nitrogen and oxygen atoms in total. The fraction of sp³-hybridized carbons (Fsp3) is 0.393. The van der Waals surface area contributed by atoms with E-state index in [4.69, 9.17) is 4.98 Å². The molecule has 3 amide bonds. The molecule has 192 valence electrons. The molecule has 0 radical (unpaired) electrons. The Bertz CT molecular complexity index is 1290. The van der Waals surface area contributed by atoms with Crippen molar-refractivity contribution in [1.82, 2.24) is 30.5 Å². The second-order valence-corrected chi connectivity index (χ2v) is 10.00. The van der Waals surface area contributed by atoms with Gasteiger partial charge in [-0.2, -0.15) is 0 Å². The minimum absolute atomic E-state index is 0.0304. The summed E-state index contributed by atoms with van der Waals surface area (Å²) in [7, 11) is 0. The molecule has 0 unspecified atom stereocenters. The summed E-state index contributed by atoms with van der Waals surface area (Å²) >= 11 is 0. The second kappa shape index (κ2) is 10.6. The number of amides is 3. The van der Waals surface area contributed by atoms with Crippen LogP contribution in [0.4, 0.5) is 4.79 Å². The van der Waals surface area contributed by atoms with E-state index in [1.165, 1.54) is 6.33 Å². The van der Waals surface area contributed by atoms with Gasteiger partial charge in [0.1, 0.15) is 12.0 Å². The first kappa shape index (κ1) is 24.8. The van der Waals surface area contributed by atoms with Gasteiger partial charge in [-0.1, -0.05) is 18.2 Å². The zero-order valence-corrected chi connectivity index (χ0v) is 21.1. The number of hydrogen-bond acceptors (Lipinski definition) is 6. The molecule has 9 heteroatoms. The summed E-state index contributed by atoms with van der Waals surface area (Å²) in [4.78, 5) is 41.1. The van der Waals surface area contributed by atoms with Crippen molar-refractivity contribution in [2.24, 2.45) is 0 Å². The first-order valence-corrected chi connectivity index (χ1v) is 12.8. The minimum Gasteiger partial charge on any atom is -0.396 e. The fourth-order valence-electron chi connectivity index (χ4n) is 4.97. The van der Waals surface area contributed by atoms with Gasteiger partial charge in [0.15, 0.2) is 0 Å². The van der Waals surface area contributed by atoms with Crippen LogP contribution < -0.4 is 10.6 Å². The van der Waals surface area contributed by atoms with Gasteiger partial charge >= 0.3 is 6.03 Å². The highest BCUT2D eigenvalue weighted by Gasteiger charge is 2.37. The number of benzene rings is 1. The molecular weight excluding hydrogens is 468 g/mol. The maximum Gasteiger partial charge on any atom is 0.318 e. The molecule has 37 heavy (non-hydrogen) atoms. The summed E-state index contributed by atoms with van der Waals surface area (Å²) in [5.41, 5.74) is 5.33. The van der Waals surface area contributed by atoms with Crippen molar-refractivity contribution in [3.63, 3.8) is 0 Å². The van der Waals surface area contributed by atoms with E-state index in [0.717, 1.165) is 47.1 Å². The monoisotopic (exact) mass is 500 g/mol. The highest BCUT2D eigenvalue weighted by molar-refractivity contribution is 5.94. The Hall–Kier alpha value is -3.85. The number of hydrogen-bond donors (Lipinski definition) is 3. The number of nitrogens with one attached hydrogen (secondary N) is 2. The molecule has 0 bridgehead atoms. The van der Waals surface area contributed by atoms with Crippen molar-refractivity contribution in [3.8, 4) is 22.4 Å². The van der Waals surface area contributed by atoms with E-state index in [0.29, 0.717) is 24.4 Å². The number of carbonyl (C=O) groups is 2. The van der Waals surface area contributed by atoms with Gasteiger partial charge < -0.3 is 20.6 Å². The van der Waals surface area contributed by atoms with E-state index in [1.54, 1.807) is 23.4 Å². The molecule has 0 saturated heterocycles. The van der Waals surface area contributed by atoms with Crippen LogP contribution in [0.25, 0.3) is 22.4 Å². The number of urea groups is 1.